The van der Waals surface area contributed by atoms with Gasteiger partial charge in [-0.05, 0) is 136 Å². The molecule has 0 fully saturated rings. The summed E-state index contributed by atoms with van der Waals surface area (Å²) in [7, 11) is 0. The summed E-state index contributed by atoms with van der Waals surface area (Å²) >= 11 is 0. The van der Waals surface area contributed by atoms with Gasteiger partial charge >= 0.3 is 0 Å². The standard InChI is InChI=1S/C58H39N/c1-2-12-40(13-3-1)42-24-31-49(32-25-42)59(50-33-26-43(27-34-50)47-23-22-41-14-4-5-16-46(41)38-47)51-35-28-45(29-36-51)54-37-30-44-15-6-9-19-53(44)58(54)57-39-48-17-7-8-18-52(48)55-20-10-11-21-56(55)57/h1-39H. The quantitative estimate of drug-likeness (QED) is 0.147. The van der Waals surface area contributed by atoms with Crippen molar-refractivity contribution in [3.05, 3.63) is 237 Å². The first kappa shape index (κ1) is 34.5. The molecular formula is C58H39N. The summed E-state index contributed by atoms with van der Waals surface area (Å²) in [5, 5.41) is 10.0. The molecule has 0 bridgehead atoms. The van der Waals surface area contributed by atoms with Crippen LogP contribution < -0.4 is 4.90 Å². The molecule has 0 unspecified atom stereocenters. The average molecular weight is 750 g/mol. The molecular weight excluding hydrogens is 711 g/mol. The molecule has 1 nitrogen and oxygen atoms in total. The zero-order valence-corrected chi connectivity index (χ0v) is 32.5. The molecule has 0 saturated carbocycles. The lowest BCUT2D eigenvalue weighted by molar-refractivity contribution is 1.28. The van der Waals surface area contributed by atoms with Crippen molar-refractivity contribution >= 4 is 60.2 Å². The van der Waals surface area contributed by atoms with Gasteiger partial charge in [-0.1, -0.05) is 188 Å². The fraction of sp³-hybridized carbons (Fsp3) is 0. The predicted octanol–water partition coefficient (Wildman–Crippen LogP) is 16.4. The summed E-state index contributed by atoms with van der Waals surface area (Å²) < 4.78 is 0. The summed E-state index contributed by atoms with van der Waals surface area (Å²) in [6, 6.07) is 86.2. The van der Waals surface area contributed by atoms with Gasteiger partial charge in [0.05, 0.1) is 0 Å². The molecule has 11 aromatic carbocycles. The highest BCUT2D eigenvalue weighted by Gasteiger charge is 2.18. The molecule has 0 radical (unpaired) electrons. The minimum absolute atomic E-state index is 1.10. The fourth-order valence-electron chi connectivity index (χ4n) is 8.91. The van der Waals surface area contributed by atoms with Gasteiger partial charge in [0.15, 0.2) is 0 Å². The highest BCUT2D eigenvalue weighted by Crippen LogP contribution is 2.44. The van der Waals surface area contributed by atoms with E-state index in [2.05, 4.69) is 241 Å². The maximum atomic E-state index is 2.39. The Morgan fingerprint density at radius 1 is 0.220 bits per heavy atom. The molecule has 0 saturated heterocycles. The van der Waals surface area contributed by atoms with Gasteiger partial charge < -0.3 is 4.90 Å². The number of fused-ring (bicyclic) bond motifs is 5. The molecule has 0 aliphatic rings. The number of nitrogens with zero attached hydrogens (tertiary/aromatic N) is 1. The topological polar surface area (TPSA) is 3.24 Å². The molecule has 1 heteroatoms. The summed E-state index contributed by atoms with van der Waals surface area (Å²) in [5.74, 6) is 0. The highest BCUT2D eigenvalue weighted by atomic mass is 15.1. The molecule has 276 valence electrons. The van der Waals surface area contributed by atoms with E-state index in [1.807, 2.05) is 0 Å². The lowest BCUT2D eigenvalue weighted by Crippen LogP contribution is -2.09. The molecule has 0 amide bonds. The Morgan fingerprint density at radius 2 is 0.678 bits per heavy atom. The first-order valence-electron chi connectivity index (χ1n) is 20.3. The maximum absolute atomic E-state index is 2.39. The Bertz CT molecular complexity index is 3290. The van der Waals surface area contributed by atoms with Crippen molar-refractivity contribution in [1.29, 1.82) is 0 Å². The molecule has 0 aliphatic heterocycles. The normalized spacial score (nSPS) is 11.4. The Balaban J connectivity index is 1.03. The minimum Gasteiger partial charge on any atom is -0.311 e. The van der Waals surface area contributed by atoms with Gasteiger partial charge in [0.2, 0.25) is 0 Å². The van der Waals surface area contributed by atoms with Gasteiger partial charge in [0, 0.05) is 17.1 Å². The zero-order valence-electron chi connectivity index (χ0n) is 32.5. The van der Waals surface area contributed by atoms with Gasteiger partial charge in [0.25, 0.3) is 0 Å². The molecule has 0 aliphatic carbocycles. The van der Waals surface area contributed by atoms with Crippen LogP contribution in [0.2, 0.25) is 0 Å². The third-order valence-electron chi connectivity index (χ3n) is 11.8. The van der Waals surface area contributed by atoms with E-state index in [-0.39, 0.29) is 0 Å². The van der Waals surface area contributed by atoms with Gasteiger partial charge in [-0.2, -0.15) is 0 Å². The summed E-state index contributed by atoms with van der Waals surface area (Å²) in [4.78, 5) is 2.36. The van der Waals surface area contributed by atoms with Crippen LogP contribution in [0, 0.1) is 0 Å². The van der Waals surface area contributed by atoms with Crippen molar-refractivity contribution in [3.63, 3.8) is 0 Å². The minimum atomic E-state index is 1.10. The van der Waals surface area contributed by atoms with E-state index >= 15 is 0 Å². The van der Waals surface area contributed by atoms with Crippen molar-refractivity contribution in [2.45, 2.75) is 0 Å². The number of hydrogen-bond acceptors (Lipinski definition) is 1. The second kappa shape index (κ2) is 14.6. The van der Waals surface area contributed by atoms with Gasteiger partial charge in [-0.15, -0.1) is 0 Å². The maximum Gasteiger partial charge on any atom is 0.0462 e. The van der Waals surface area contributed by atoms with E-state index in [0.29, 0.717) is 0 Å². The largest absolute Gasteiger partial charge is 0.311 e. The van der Waals surface area contributed by atoms with Gasteiger partial charge in [-0.3, -0.25) is 0 Å². The summed E-state index contributed by atoms with van der Waals surface area (Å²) in [5.41, 5.74) is 13.0. The van der Waals surface area contributed by atoms with Crippen molar-refractivity contribution in [2.75, 3.05) is 4.90 Å². The van der Waals surface area contributed by atoms with Crippen LogP contribution in [0.1, 0.15) is 0 Å². The van der Waals surface area contributed by atoms with Crippen LogP contribution in [0.15, 0.2) is 237 Å². The number of rotatable bonds is 7. The highest BCUT2D eigenvalue weighted by molar-refractivity contribution is 6.18. The molecule has 11 rings (SSSR count). The summed E-state index contributed by atoms with van der Waals surface area (Å²) in [6.07, 6.45) is 0. The van der Waals surface area contributed by atoms with E-state index < -0.39 is 0 Å². The molecule has 59 heavy (non-hydrogen) atoms. The van der Waals surface area contributed by atoms with E-state index in [9.17, 15) is 0 Å². The third-order valence-corrected chi connectivity index (χ3v) is 11.8. The lowest BCUT2D eigenvalue weighted by Gasteiger charge is -2.26. The van der Waals surface area contributed by atoms with E-state index in [4.69, 9.17) is 0 Å². The summed E-state index contributed by atoms with van der Waals surface area (Å²) in [6.45, 7) is 0. The van der Waals surface area contributed by atoms with E-state index in [0.717, 1.165) is 17.1 Å². The number of anilines is 3. The predicted molar refractivity (Wildman–Crippen MR) is 253 cm³/mol. The molecule has 0 spiro atoms. The van der Waals surface area contributed by atoms with Crippen molar-refractivity contribution in [3.8, 4) is 44.5 Å². The van der Waals surface area contributed by atoms with Gasteiger partial charge in [-0.25, -0.2) is 0 Å². The monoisotopic (exact) mass is 749 g/mol. The molecule has 0 heterocycles. The smallest absolute Gasteiger partial charge is 0.0462 e. The Labute approximate surface area is 344 Å². The van der Waals surface area contributed by atoms with Gasteiger partial charge in [0.1, 0.15) is 0 Å². The van der Waals surface area contributed by atoms with E-state index in [1.54, 1.807) is 0 Å². The number of benzene rings is 11. The van der Waals surface area contributed by atoms with Crippen LogP contribution >= 0.6 is 0 Å². The SMILES string of the molecule is c1ccc(-c2ccc(N(c3ccc(-c4ccc5ccccc5c4)cc3)c3ccc(-c4ccc5ccccc5c4-c4cc5ccccc5c5ccccc45)cc3)cc2)cc1. The van der Waals surface area contributed by atoms with Crippen LogP contribution in [0.4, 0.5) is 17.1 Å². The van der Waals surface area contributed by atoms with Crippen LogP contribution in [-0.2, 0) is 0 Å². The Hall–Kier alpha value is -7.74. The van der Waals surface area contributed by atoms with Crippen LogP contribution in [0.25, 0.3) is 87.6 Å². The zero-order chi connectivity index (χ0) is 39.1. The molecule has 11 aromatic rings. The fourth-order valence-corrected chi connectivity index (χ4v) is 8.91. The molecule has 0 N–H and O–H groups in total. The average Bonchev–Trinajstić information content (AvgIpc) is 3.32. The lowest BCUT2D eigenvalue weighted by atomic mass is 9.86. The van der Waals surface area contributed by atoms with Crippen molar-refractivity contribution in [2.24, 2.45) is 0 Å². The molecule has 0 aromatic heterocycles. The third kappa shape index (κ3) is 6.30. The van der Waals surface area contributed by atoms with E-state index in [1.165, 1.54) is 87.6 Å². The van der Waals surface area contributed by atoms with Crippen molar-refractivity contribution < 1.29 is 0 Å². The molecule has 0 atom stereocenters. The first-order chi connectivity index (χ1) is 29.2. The second-order valence-electron chi connectivity index (χ2n) is 15.3. The second-order valence-corrected chi connectivity index (χ2v) is 15.3. The first-order valence-corrected chi connectivity index (χ1v) is 20.3. The van der Waals surface area contributed by atoms with Crippen LogP contribution in [0.3, 0.4) is 0 Å². The number of hydrogen-bond donors (Lipinski definition) is 0. The van der Waals surface area contributed by atoms with Crippen molar-refractivity contribution in [1.82, 2.24) is 0 Å². The Morgan fingerprint density at radius 3 is 1.36 bits per heavy atom. The van der Waals surface area contributed by atoms with Crippen LogP contribution in [-0.4, -0.2) is 0 Å². The Kier molecular flexibility index (Phi) is 8.56. The van der Waals surface area contributed by atoms with Crippen LogP contribution in [0.5, 0.6) is 0 Å².